The van der Waals surface area contributed by atoms with Crippen LogP contribution >= 0.6 is 0 Å². The second kappa shape index (κ2) is 4.81. The summed E-state index contributed by atoms with van der Waals surface area (Å²) < 4.78 is 0. The van der Waals surface area contributed by atoms with Crippen LogP contribution in [0.1, 0.15) is 45.4 Å². The quantitative estimate of drug-likeness (QED) is 0.660. The normalized spacial score (nSPS) is 23.6. The van der Waals surface area contributed by atoms with Gasteiger partial charge in [0.1, 0.15) is 0 Å². The molecule has 2 fully saturated rings. The Hall–Kier alpha value is -0.120. The van der Waals surface area contributed by atoms with Gasteiger partial charge in [0.05, 0.1) is 12.1 Å². The fraction of sp³-hybridized carbons (Fsp3) is 1.00. The molecule has 3 N–H and O–H groups in total. The van der Waals surface area contributed by atoms with Crippen molar-refractivity contribution < 1.29 is 4.84 Å². The van der Waals surface area contributed by atoms with Crippen LogP contribution in [0.25, 0.3) is 0 Å². The first-order valence-corrected chi connectivity index (χ1v) is 6.42. The topological polar surface area (TPSA) is 47.3 Å². The SMILES string of the molecule is CCONC(CN)(C1CCC1)C1CCC1. The molecule has 0 amide bonds. The summed E-state index contributed by atoms with van der Waals surface area (Å²) in [6.45, 7) is 3.47. The van der Waals surface area contributed by atoms with E-state index in [1.165, 1.54) is 38.5 Å². The van der Waals surface area contributed by atoms with Crippen molar-refractivity contribution in [2.45, 2.75) is 51.0 Å². The average molecular weight is 212 g/mol. The molecule has 0 saturated heterocycles. The maximum Gasteiger partial charge on any atom is 0.0654 e. The zero-order valence-electron chi connectivity index (χ0n) is 9.80. The van der Waals surface area contributed by atoms with Crippen LogP contribution in [-0.2, 0) is 4.84 Å². The third-order valence-corrected chi connectivity index (χ3v) is 4.41. The van der Waals surface area contributed by atoms with Gasteiger partial charge in [-0.1, -0.05) is 12.8 Å². The summed E-state index contributed by atoms with van der Waals surface area (Å²) in [7, 11) is 0. The summed E-state index contributed by atoms with van der Waals surface area (Å²) in [6.07, 6.45) is 8.04. The first kappa shape index (κ1) is 11.4. The first-order valence-electron chi connectivity index (χ1n) is 6.42. The smallest absolute Gasteiger partial charge is 0.0654 e. The third kappa shape index (κ3) is 1.93. The average Bonchev–Trinajstić information content (AvgIpc) is 2.08. The molecule has 15 heavy (non-hydrogen) atoms. The van der Waals surface area contributed by atoms with Gasteiger partial charge in [-0.05, 0) is 44.4 Å². The molecule has 0 radical (unpaired) electrons. The molecule has 2 rings (SSSR count). The number of hydroxylamine groups is 1. The lowest BCUT2D eigenvalue weighted by Gasteiger charge is -2.52. The lowest BCUT2D eigenvalue weighted by atomic mass is 9.60. The Morgan fingerprint density at radius 1 is 1.20 bits per heavy atom. The molecule has 0 aromatic heterocycles. The van der Waals surface area contributed by atoms with Gasteiger partial charge in [0.2, 0.25) is 0 Å². The standard InChI is InChI=1S/C12H24N2O/c1-2-15-14-12(9-13,10-5-3-6-10)11-7-4-8-11/h10-11,14H,2-9,13H2,1H3. The van der Waals surface area contributed by atoms with Crippen molar-refractivity contribution in [1.82, 2.24) is 5.48 Å². The highest BCUT2D eigenvalue weighted by atomic mass is 16.6. The van der Waals surface area contributed by atoms with Gasteiger partial charge in [-0.25, -0.2) is 0 Å². The fourth-order valence-corrected chi connectivity index (χ4v) is 2.93. The number of nitrogens with two attached hydrogens (primary N) is 1. The number of nitrogens with one attached hydrogen (secondary N) is 1. The third-order valence-electron chi connectivity index (χ3n) is 4.41. The highest BCUT2D eigenvalue weighted by Gasteiger charge is 2.48. The van der Waals surface area contributed by atoms with Crippen LogP contribution in [-0.4, -0.2) is 18.7 Å². The summed E-state index contributed by atoms with van der Waals surface area (Å²) in [5.74, 6) is 1.50. The molecule has 2 saturated carbocycles. The minimum Gasteiger partial charge on any atom is -0.329 e. The minimum atomic E-state index is 0.0898. The van der Waals surface area contributed by atoms with Crippen molar-refractivity contribution in [2.75, 3.05) is 13.2 Å². The molecule has 3 nitrogen and oxygen atoms in total. The zero-order chi connectivity index (χ0) is 10.7. The van der Waals surface area contributed by atoms with E-state index in [0.29, 0.717) is 0 Å². The summed E-state index contributed by atoms with van der Waals surface area (Å²) >= 11 is 0. The lowest BCUT2D eigenvalue weighted by molar-refractivity contribution is -0.0948. The fourth-order valence-electron chi connectivity index (χ4n) is 2.93. The van der Waals surface area contributed by atoms with Crippen molar-refractivity contribution >= 4 is 0 Å². The predicted octanol–water partition coefficient (Wildman–Crippen LogP) is 1.83. The summed E-state index contributed by atoms with van der Waals surface area (Å²) in [5, 5.41) is 0. The molecular weight excluding hydrogens is 188 g/mol. The van der Waals surface area contributed by atoms with Crippen molar-refractivity contribution in [3.63, 3.8) is 0 Å². The highest BCUT2D eigenvalue weighted by Crippen LogP contribution is 2.46. The summed E-state index contributed by atoms with van der Waals surface area (Å²) in [4.78, 5) is 5.47. The van der Waals surface area contributed by atoms with E-state index >= 15 is 0 Å². The van der Waals surface area contributed by atoms with Crippen LogP contribution in [0.4, 0.5) is 0 Å². The van der Waals surface area contributed by atoms with Crippen LogP contribution < -0.4 is 11.2 Å². The number of rotatable bonds is 6. The molecule has 2 aliphatic carbocycles. The number of hydrogen-bond acceptors (Lipinski definition) is 3. The van der Waals surface area contributed by atoms with Gasteiger partial charge in [0.25, 0.3) is 0 Å². The zero-order valence-corrected chi connectivity index (χ0v) is 9.80. The first-order chi connectivity index (χ1) is 7.33. The van der Waals surface area contributed by atoms with Gasteiger partial charge in [-0.2, -0.15) is 5.48 Å². The van der Waals surface area contributed by atoms with Gasteiger partial charge in [-0.3, -0.25) is 0 Å². The predicted molar refractivity (Wildman–Crippen MR) is 61.2 cm³/mol. The Bertz CT molecular complexity index is 186. The lowest BCUT2D eigenvalue weighted by Crippen LogP contribution is -2.64. The van der Waals surface area contributed by atoms with Crippen LogP contribution in [0, 0.1) is 11.8 Å². The molecule has 0 unspecified atom stereocenters. The second-order valence-corrected chi connectivity index (χ2v) is 5.04. The van der Waals surface area contributed by atoms with Gasteiger partial charge < -0.3 is 10.6 Å². The Labute approximate surface area is 92.7 Å². The highest BCUT2D eigenvalue weighted by molar-refractivity contribution is 5.04. The monoisotopic (exact) mass is 212 g/mol. The molecule has 3 heteroatoms. The summed E-state index contributed by atoms with van der Waals surface area (Å²) in [5.41, 5.74) is 9.43. The van der Waals surface area contributed by atoms with E-state index in [2.05, 4.69) is 5.48 Å². The molecule has 0 spiro atoms. The number of hydrogen-bond donors (Lipinski definition) is 2. The van der Waals surface area contributed by atoms with E-state index in [0.717, 1.165) is 25.0 Å². The molecule has 0 aromatic rings. The van der Waals surface area contributed by atoms with Gasteiger partial charge in [0, 0.05) is 6.54 Å². The van der Waals surface area contributed by atoms with Crippen LogP contribution in [0.15, 0.2) is 0 Å². The molecule has 0 atom stereocenters. The van der Waals surface area contributed by atoms with Gasteiger partial charge in [-0.15, -0.1) is 0 Å². The Kier molecular flexibility index (Phi) is 3.65. The Balaban J connectivity index is 2.02. The summed E-state index contributed by atoms with van der Waals surface area (Å²) in [6, 6.07) is 0. The van der Waals surface area contributed by atoms with E-state index in [1.54, 1.807) is 0 Å². The molecule has 0 bridgehead atoms. The van der Waals surface area contributed by atoms with Gasteiger partial charge >= 0.3 is 0 Å². The van der Waals surface area contributed by atoms with Crippen LogP contribution in [0.3, 0.4) is 0 Å². The second-order valence-electron chi connectivity index (χ2n) is 5.04. The van der Waals surface area contributed by atoms with Crippen LogP contribution in [0.2, 0.25) is 0 Å². The molecule has 0 heterocycles. The van der Waals surface area contributed by atoms with E-state index < -0.39 is 0 Å². The van der Waals surface area contributed by atoms with Crippen molar-refractivity contribution in [1.29, 1.82) is 0 Å². The Morgan fingerprint density at radius 3 is 2.00 bits per heavy atom. The van der Waals surface area contributed by atoms with Crippen molar-refractivity contribution in [3.05, 3.63) is 0 Å². The van der Waals surface area contributed by atoms with E-state index in [-0.39, 0.29) is 5.54 Å². The maximum atomic E-state index is 6.03. The van der Waals surface area contributed by atoms with Crippen LogP contribution in [0.5, 0.6) is 0 Å². The molecule has 88 valence electrons. The Morgan fingerprint density at radius 2 is 1.73 bits per heavy atom. The van der Waals surface area contributed by atoms with E-state index in [1.807, 2.05) is 6.92 Å². The molecule has 0 aromatic carbocycles. The van der Waals surface area contributed by atoms with Crippen molar-refractivity contribution in [3.8, 4) is 0 Å². The van der Waals surface area contributed by atoms with E-state index in [9.17, 15) is 0 Å². The van der Waals surface area contributed by atoms with Crippen molar-refractivity contribution in [2.24, 2.45) is 17.6 Å². The minimum absolute atomic E-state index is 0.0898. The maximum absolute atomic E-state index is 6.03. The molecular formula is C12H24N2O. The molecule has 0 aliphatic heterocycles. The van der Waals surface area contributed by atoms with E-state index in [4.69, 9.17) is 10.6 Å². The largest absolute Gasteiger partial charge is 0.329 e. The molecule has 2 aliphatic rings. The van der Waals surface area contributed by atoms with Gasteiger partial charge in [0.15, 0.2) is 0 Å².